The summed E-state index contributed by atoms with van der Waals surface area (Å²) in [6.07, 6.45) is 0.0728. The van der Waals surface area contributed by atoms with Gasteiger partial charge < -0.3 is 10.4 Å². The van der Waals surface area contributed by atoms with E-state index in [4.69, 9.17) is 0 Å². The van der Waals surface area contributed by atoms with E-state index in [1.54, 1.807) is 11.3 Å². The standard InChI is InChI=1S/C16H17NO2S/c1-16(2)12-8-10(5-6-13(12)17-15(16)19)14(18)9-11-4-3-7-20-11/h3-8,14,18H,9H2,1-2H3,(H,17,19). The second kappa shape index (κ2) is 4.72. The number of aliphatic hydroxyl groups excluding tert-OH is 1. The van der Waals surface area contributed by atoms with Crippen LogP contribution >= 0.6 is 11.3 Å². The van der Waals surface area contributed by atoms with Gasteiger partial charge in [0.05, 0.1) is 11.5 Å². The van der Waals surface area contributed by atoms with Crippen molar-refractivity contribution in [3.05, 3.63) is 51.7 Å². The van der Waals surface area contributed by atoms with E-state index >= 15 is 0 Å². The second-order valence-electron chi connectivity index (χ2n) is 5.68. The number of hydrogen-bond donors (Lipinski definition) is 2. The van der Waals surface area contributed by atoms with Gasteiger partial charge in [-0.15, -0.1) is 11.3 Å². The van der Waals surface area contributed by atoms with E-state index in [9.17, 15) is 9.90 Å². The number of thiophene rings is 1. The molecule has 20 heavy (non-hydrogen) atoms. The average Bonchev–Trinajstić information content (AvgIpc) is 2.98. The van der Waals surface area contributed by atoms with Crippen molar-refractivity contribution in [1.82, 2.24) is 0 Å². The molecule has 104 valence electrons. The van der Waals surface area contributed by atoms with Gasteiger partial charge in [-0.2, -0.15) is 0 Å². The van der Waals surface area contributed by atoms with E-state index in [1.807, 2.05) is 49.6 Å². The number of carbonyl (C=O) groups is 1. The maximum absolute atomic E-state index is 11.9. The third kappa shape index (κ3) is 2.15. The topological polar surface area (TPSA) is 49.3 Å². The van der Waals surface area contributed by atoms with Crippen LogP contribution in [0.25, 0.3) is 0 Å². The van der Waals surface area contributed by atoms with Crippen LogP contribution < -0.4 is 5.32 Å². The van der Waals surface area contributed by atoms with Gasteiger partial charge in [0.2, 0.25) is 5.91 Å². The molecule has 0 bridgehead atoms. The molecule has 0 radical (unpaired) electrons. The van der Waals surface area contributed by atoms with E-state index < -0.39 is 11.5 Å². The Morgan fingerprint density at radius 2 is 2.15 bits per heavy atom. The summed E-state index contributed by atoms with van der Waals surface area (Å²) in [7, 11) is 0. The zero-order valence-electron chi connectivity index (χ0n) is 11.5. The summed E-state index contributed by atoms with van der Waals surface area (Å²) >= 11 is 1.65. The average molecular weight is 287 g/mol. The third-order valence-corrected chi connectivity index (χ3v) is 4.79. The van der Waals surface area contributed by atoms with Crippen molar-refractivity contribution in [2.75, 3.05) is 5.32 Å². The SMILES string of the molecule is CC1(C)C(=O)Nc2ccc(C(O)Cc3cccs3)cc21. The second-order valence-corrected chi connectivity index (χ2v) is 6.72. The molecule has 1 atom stereocenters. The number of carbonyl (C=O) groups excluding carboxylic acids is 1. The Kier molecular flexibility index (Phi) is 3.15. The summed E-state index contributed by atoms with van der Waals surface area (Å²) in [6, 6.07) is 9.73. The molecule has 0 spiro atoms. The minimum absolute atomic E-state index is 0.0115. The van der Waals surface area contributed by atoms with Crippen LogP contribution in [0, 0.1) is 0 Å². The number of anilines is 1. The minimum atomic E-state index is -0.537. The highest BCUT2D eigenvalue weighted by molar-refractivity contribution is 7.09. The lowest BCUT2D eigenvalue weighted by molar-refractivity contribution is -0.119. The Bertz CT molecular complexity index is 647. The molecule has 1 amide bonds. The van der Waals surface area contributed by atoms with E-state index in [2.05, 4.69) is 5.32 Å². The summed E-state index contributed by atoms with van der Waals surface area (Å²) in [5.74, 6) is 0.0115. The van der Waals surface area contributed by atoms with Crippen LogP contribution in [-0.4, -0.2) is 11.0 Å². The monoisotopic (exact) mass is 287 g/mol. The molecule has 1 aromatic carbocycles. The van der Waals surface area contributed by atoms with Crippen molar-refractivity contribution in [2.45, 2.75) is 31.8 Å². The smallest absolute Gasteiger partial charge is 0.234 e. The molecule has 2 aromatic rings. The van der Waals surface area contributed by atoms with Crippen LogP contribution in [0.5, 0.6) is 0 Å². The summed E-state index contributed by atoms with van der Waals surface area (Å²) in [5.41, 5.74) is 2.15. The first-order valence-electron chi connectivity index (χ1n) is 6.65. The summed E-state index contributed by atoms with van der Waals surface area (Å²) in [6.45, 7) is 3.81. The van der Waals surface area contributed by atoms with E-state index in [-0.39, 0.29) is 5.91 Å². The van der Waals surface area contributed by atoms with E-state index in [1.165, 1.54) is 0 Å². The Hall–Kier alpha value is -1.65. The largest absolute Gasteiger partial charge is 0.388 e. The summed E-state index contributed by atoms with van der Waals surface area (Å²) in [4.78, 5) is 13.1. The first-order valence-corrected chi connectivity index (χ1v) is 7.53. The highest BCUT2D eigenvalue weighted by atomic mass is 32.1. The third-order valence-electron chi connectivity index (χ3n) is 3.89. The van der Waals surface area contributed by atoms with Gasteiger partial charge >= 0.3 is 0 Å². The molecule has 4 heteroatoms. The molecule has 0 aliphatic carbocycles. The summed E-state index contributed by atoms with van der Waals surface area (Å²) < 4.78 is 0. The maximum atomic E-state index is 11.9. The predicted octanol–water partition coefficient (Wildman–Crippen LogP) is 3.25. The van der Waals surface area contributed by atoms with Crippen molar-refractivity contribution in [1.29, 1.82) is 0 Å². The van der Waals surface area contributed by atoms with E-state index in [0.717, 1.165) is 21.7 Å². The molecular formula is C16H17NO2S. The molecule has 0 saturated carbocycles. The van der Waals surface area contributed by atoms with Gasteiger partial charge in [0.25, 0.3) is 0 Å². The lowest BCUT2D eigenvalue weighted by Gasteiger charge is -2.17. The van der Waals surface area contributed by atoms with Crippen molar-refractivity contribution in [2.24, 2.45) is 0 Å². The molecule has 2 N–H and O–H groups in total. The molecule has 1 aliphatic heterocycles. The number of fused-ring (bicyclic) bond motifs is 1. The van der Waals surface area contributed by atoms with Gasteiger partial charge in [0, 0.05) is 17.0 Å². The normalized spacial score (nSPS) is 17.6. The van der Waals surface area contributed by atoms with Crippen molar-refractivity contribution >= 4 is 22.9 Å². The molecule has 1 aliphatic rings. The molecule has 1 aromatic heterocycles. The fourth-order valence-corrected chi connectivity index (χ4v) is 3.28. The van der Waals surface area contributed by atoms with Crippen molar-refractivity contribution in [3.63, 3.8) is 0 Å². The van der Waals surface area contributed by atoms with Gasteiger partial charge in [-0.05, 0) is 42.5 Å². The van der Waals surface area contributed by atoms with Crippen LogP contribution in [-0.2, 0) is 16.6 Å². The van der Waals surface area contributed by atoms with Gasteiger partial charge in [0.1, 0.15) is 0 Å². The quantitative estimate of drug-likeness (QED) is 0.910. The van der Waals surface area contributed by atoms with Crippen molar-refractivity contribution < 1.29 is 9.90 Å². The molecule has 2 heterocycles. The van der Waals surface area contributed by atoms with E-state index in [0.29, 0.717) is 6.42 Å². The number of benzene rings is 1. The molecule has 3 rings (SSSR count). The molecular weight excluding hydrogens is 270 g/mol. The Morgan fingerprint density at radius 3 is 2.85 bits per heavy atom. The van der Waals surface area contributed by atoms with Gasteiger partial charge in [-0.3, -0.25) is 4.79 Å². The number of hydrogen-bond acceptors (Lipinski definition) is 3. The Morgan fingerprint density at radius 1 is 1.35 bits per heavy atom. The van der Waals surface area contributed by atoms with Gasteiger partial charge in [-0.1, -0.05) is 18.2 Å². The predicted molar refractivity (Wildman–Crippen MR) is 81.1 cm³/mol. The lowest BCUT2D eigenvalue weighted by Crippen LogP contribution is -2.26. The molecule has 1 unspecified atom stereocenters. The first kappa shape index (κ1) is 13.3. The van der Waals surface area contributed by atoms with Gasteiger partial charge in [0.15, 0.2) is 0 Å². The van der Waals surface area contributed by atoms with Crippen LogP contribution in [0.3, 0.4) is 0 Å². The fraction of sp³-hybridized carbons (Fsp3) is 0.312. The number of rotatable bonds is 3. The van der Waals surface area contributed by atoms with Gasteiger partial charge in [-0.25, -0.2) is 0 Å². The first-order chi connectivity index (χ1) is 9.48. The molecule has 3 nitrogen and oxygen atoms in total. The Balaban J connectivity index is 1.90. The summed E-state index contributed by atoms with van der Waals surface area (Å²) in [5, 5.41) is 15.3. The zero-order valence-corrected chi connectivity index (χ0v) is 12.3. The van der Waals surface area contributed by atoms with Crippen LogP contribution in [0.2, 0.25) is 0 Å². The molecule has 0 fully saturated rings. The number of amides is 1. The lowest BCUT2D eigenvalue weighted by atomic mass is 9.85. The molecule has 0 saturated heterocycles. The van der Waals surface area contributed by atoms with Crippen LogP contribution in [0.15, 0.2) is 35.7 Å². The number of aliphatic hydroxyl groups is 1. The highest BCUT2D eigenvalue weighted by Crippen LogP contribution is 2.38. The zero-order chi connectivity index (χ0) is 14.3. The highest BCUT2D eigenvalue weighted by Gasteiger charge is 2.38. The van der Waals surface area contributed by atoms with Crippen LogP contribution in [0.1, 0.15) is 36.0 Å². The minimum Gasteiger partial charge on any atom is -0.388 e. The fourth-order valence-electron chi connectivity index (χ4n) is 2.53. The maximum Gasteiger partial charge on any atom is 0.234 e. The Labute approximate surface area is 122 Å². The van der Waals surface area contributed by atoms with Crippen LogP contribution in [0.4, 0.5) is 5.69 Å². The van der Waals surface area contributed by atoms with Crippen molar-refractivity contribution in [3.8, 4) is 0 Å². The number of nitrogens with one attached hydrogen (secondary N) is 1.